The van der Waals surface area contributed by atoms with Gasteiger partial charge in [-0.2, -0.15) is 0 Å². The van der Waals surface area contributed by atoms with E-state index in [1.165, 1.54) is 13.4 Å². The summed E-state index contributed by atoms with van der Waals surface area (Å²) in [7, 11) is 3.31. The van der Waals surface area contributed by atoms with Crippen molar-refractivity contribution < 1.29 is 19.1 Å². The van der Waals surface area contributed by atoms with Crippen LogP contribution in [0.5, 0.6) is 0 Å². The van der Waals surface area contributed by atoms with Gasteiger partial charge in [-0.15, -0.1) is 0 Å². The van der Waals surface area contributed by atoms with Crippen molar-refractivity contribution in [2.24, 2.45) is 0 Å². The highest BCUT2D eigenvalue weighted by Crippen LogP contribution is 2.25. The molecule has 4 heterocycles. The van der Waals surface area contributed by atoms with Crippen LogP contribution in [0, 0.1) is 0 Å². The van der Waals surface area contributed by atoms with Crippen LogP contribution < -0.4 is 4.90 Å². The summed E-state index contributed by atoms with van der Waals surface area (Å²) in [6.45, 7) is 4.69. The highest BCUT2D eigenvalue weighted by atomic mass is 16.5. The van der Waals surface area contributed by atoms with Gasteiger partial charge in [0.15, 0.2) is 0 Å². The van der Waals surface area contributed by atoms with Crippen LogP contribution in [0.3, 0.4) is 0 Å². The van der Waals surface area contributed by atoms with Gasteiger partial charge in [0.2, 0.25) is 0 Å². The Hall–Kier alpha value is -4.35. The third-order valence-electron chi connectivity index (χ3n) is 7.81. The van der Waals surface area contributed by atoms with E-state index in [4.69, 9.17) is 14.5 Å². The first-order valence-corrected chi connectivity index (χ1v) is 13.8. The quantitative estimate of drug-likeness (QED) is 0.303. The average molecular weight is 556 g/mol. The zero-order chi connectivity index (χ0) is 28.3. The normalized spacial score (nSPS) is 17.3. The lowest BCUT2D eigenvalue weighted by Gasteiger charge is -2.34. The minimum Gasteiger partial charge on any atom is -0.465 e. The molecule has 2 aliphatic rings. The summed E-state index contributed by atoms with van der Waals surface area (Å²) in [6, 6.07) is 17.1. The second-order valence-corrected chi connectivity index (χ2v) is 10.3. The van der Waals surface area contributed by atoms with Crippen LogP contribution in [0.2, 0.25) is 0 Å². The summed E-state index contributed by atoms with van der Waals surface area (Å²) < 4.78 is 12.8. The van der Waals surface area contributed by atoms with Crippen molar-refractivity contribution in [1.82, 2.24) is 29.3 Å². The number of hydrogen-bond acceptors (Lipinski definition) is 9. The van der Waals surface area contributed by atoms with Crippen LogP contribution in [0.1, 0.15) is 33.1 Å². The van der Waals surface area contributed by atoms with Gasteiger partial charge in [-0.1, -0.05) is 18.2 Å². The summed E-state index contributed by atoms with van der Waals surface area (Å²) in [4.78, 5) is 45.2. The Morgan fingerprint density at radius 3 is 2.54 bits per heavy atom. The molecule has 0 aliphatic carbocycles. The summed E-state index contributed by atoms with van der Waals surface area (Å²) >= 11 is 0. The van der Waals surface area contributed by atoms with Crippen LogP contribution in [0.15, 0.2) is 60.9 Å². The van der Waals surface area contributed by atoms with Crippen LogP contribution >= 0.6 is 0 Å². The SMILES string of the molecule is COC(=O)c1ccc2nc(CN3CCN(C(=O)c4cc(N(C)c5ccccc5)ncn4)CC3)n(CC3CCO3)c2c1. The van der Waals surface area contributed by atoms with E-state index in [0.717, 1.165) is 35.6 Å². The van der Waals surface area contributed by atoms with Crippen molar-refractivity contribution in [3.05, 3.63) is 78.0 Å². The van der Waals surface area contributed by atoms with E-state index in [9.17, 15) is 9.59 Å². The second kappa shape index (κ2) is 11.6. The van der Waals surface area contributed by atoms with E-state index in [0.29, 0.717) is 56.3 Å². The third kappa shape index (κ3) is 5.63. The fraction of sp³-hybridized carbons (Fsp3) is 0.367. The molecule has 0 bridgehead atoms. The highest BCUT2D eigenvalue weighted by molar-refractivity contribution is 5.94. The molecule has 6 rings (SSSR count). The lowest BCUT2D eigenvalue weighted by Crippen LogP contribution is -2.48. The number of carbonyl (C=O) groups excluding carboxylic acids is 2. The van der Waals surface area contributed by atoms with Gasteiger partial charge >= 0.3 is 5.97 Å². The molecule has 2 aromatic heterocycles. The summed E-state index contributed by atoms with van der Waals surface area (Å²) in [5, 5.41) is 0. The number of benzene rings is 2. The number of imidazole rings is 1. The fourth-order valence-electron chi connectivity index (χ4n) is 5.28. The molecule has 2 aliphatic heterocycles. The Morgan fingerprint density at radius 1 is 1.05 bits per heavy atom. The smallest absolute Gasteiger partial charge is 0.337 e. The van der Waals surface area contributed by atoms with Gasteiger partial charge < -0.3 is 23.8 Å². The van der Waals surface area contributed by atoms with E-state index in [1.54, 1.807) is 12.1 Å². The first-order chi connectivity index (χ1) is 20.0. The van der Waals surface area contributed by atoms with Gasteiger partial charge in [0.05, 0.1) is 42.9 Å². The maximum atomic E-state index is 13.4. The Morgan fingerprint density at radius 2 is 1.83 bits per heavy atom. The molecule has 212 valence electrons. The molecule has 0 saturated carbocycles. The number of esters is 1. The standard InChI is InChI=1S/C30H33N7O4/c1-34(22-6-4-3-5-7-22)27-17-25(31-20-32-27)29(38)36-13-11-35(12-14-36)19-28-33-24-9-8-21(30(39)40-2)16-26(24)37(28)18-23-10-15-41-23/h3-9,16-17,20,23H,10-15,18-19H2,1-2H3. The summed E-state index contributed by atoms with van der Waals surface area (Å²) in [5.74, 6) is 1.11. The molecule has 2 saturated heterocycles. The number of amides is 1. The van der Waals surface area contributed by atoms with Crippen LogP contribution in [0.25, 0.3) is 11.0 Å². The lowest BCUT2D eigenvalue weighted by atomic mass is 10.1. The molecule has 1 amide bonds. The van der Waals surface area contributed by atoms with Gasteiger partial charge in [0.25, 0.3) is 5.91 Å². The van der Waals surface area contributed by atoms with Crippen LogP contribution in [-0.4, -0.2) is 94.2 Å². The number of fused-ring (bicyclic) bond motifs is 1. The number of methoxy groups -OCH3 is 1. The Balaban J connectivity index is 1.14. The zero-order valence-corrected chi connectivity index (χ0v) is 23.3. The number of carbonyl (C=O) groups is 2. The molecule has 11 heteroatoms. The molecule has 0 radical (unpaired) electrons. The zero-order valence-electron chi connectivity index (χ0n) is 23.3. The monoisotopic (exact) mass is 555 g/mol. The van der Waals surface area contributed by atoms with Gasteiger partial charge in [-0.05, 0) is 36.8 Å². The topological polar surface area (TPSA) is 106 Å². The fourth-order valence-corrected chi connectivity index (χ4v) is 5.28. The molecule has 2 aromatic carbocycles. The first kappa shape index (κ1) is 26.9. The number of anilines is 2. The van der Waals surface area contributed by atoms with Crippen molar-refractivity contribution in [2.45, 2.75) is 25.6 Å². The van der Waals surface area contributed by atoms with Gasteiger partial charge in [0, 0.05) is 51.6 Å². The lowest BCUT2D eigenvalue weighted by molar-refractivity contribution is -0.0592. The molecular weight excluding hydrogens is 522 g/mol. The number of nitrogens with zero attached hydrogens (tertiary/aromatic N) is 7. The van der Waals surface area contributed by atoms with Crippen molar-refractivity contribution >= 4 is 34.4 Å². The first-order valence-electron chi connectivity index (χ1n) is 13.8. The van der Waals surface area contributed by atoms with Crippen molar-refractivity contribution in [3.8, 4) is 0 Å². The number of piperazine rings is 1. The largest absolute Gasteiger partial charge is 0.465 e. The second-order valence-electron chi connectivity index (χ2n) is 10.3. The third-order valence-corrected chi connectivity index (χ3v) is 7.81. The molecule has 11 nitrogen and oxygen atoms in total. The minimum atomic E-state index is -0.371. The van der Waals surface area contributed by atoms with E-state index in [-0.39, 0.29) is 18.0 Å². The molecule has 1 atom stereocenters. The summed E-state index contributed by atoms with van der Waals surface area (Å²) in [5.41, 5.74) is 3.59. The molecule has 1 unspecified atom stereocenters. The van der Waals surface area contributed by atoms with Gasteiger partial charge in [-0.3, -0.25) is 9.69 Å². The van der Waals surface area contributed by atoms with E-state index in [2.05, 4.69) is 19.4 Å². The Labute approximate surface area is 238 Å². The Kier molecular flexibility index (Phi) is 7.62. The van der Waals surface area contributed by atoms with Crippen molar-refractivity contribution in [3.63, 3.8) is 0 Å². The highest BCUT2D eigenvalue weighted by Gasteiger charge is 2.27. The molecule has 2 fully saturated rings. The molecule has 41 heavy (non-hydrogen) atoms. The average Bonchev–Trinajstić information content (AvgIpc) is 3.34. The maximum Gasteiger partial charge on any atom is 0.337 e. The Bertz CT molecular complexity index is 1550. The van der Waals surface area contributed by atoms with Crippen LogP contribution in [0.4, 0.5) is 11.5 Å². The van der Waals surface area contributed by atoms with E-state index < -0.39 is 0 Å². The molecule has 0 spiro atoms. The molecule has 4 aromatic rings. The number of aromatic nitrogens is 4. The van der Waals surface area contributed by atoms with E-state index in [1.807, 2.05) is 59.3 Å². The number of para-hydroxylation sites is 1. The van der Waals surface area contributed by atoms with E-state index >= 15 is 0 Å². The van der Waals surface area contributed by atoms with Crippen molar-refractivity contribution in [1.29, 1.82) is 0 Å². The minimum absolute atomic E-state index is 0.0977. The number of rotatable bonds is 8. The predicted octanol–water partition coefficient (Wildman–Crippen LogP) is 3.13. The van der Waals surface area contributed by atoms with Gasteiger partial charge in [0.1, 0.15) is 23.7 Å². The molecule has 0 N–H and O–H groups in total. The number of ether oxygens (including phenoxy) is 2. The predicted molar refractivity (Wildman–Crippen MR) is 153 cm³/mol. The van der Waals surface area contributed by atoms with Gasteiger partial charge in [-0.25, -0.2) is 19.7 Å². The number of hydrogen-bond donors (Lipinski definition) is 0. The van der Waals surface area contributed by atoms with Crippen molar-refractivity contribution in [2.75, 3.05) is 51.8 Å². The molecular formula is C30H33N7O4. The summed E-state index contributed by atoms with van der Waals surface area (Å²) in [6.07, 6.45) is 2.59. The maximum absolute atomic E-state index is 13.4. The van der Waals surface area contributed by atoms with Crippen LogP contribution in [-0.2, 0) is 22.6 Å².